The zero-order chi connectivity index (χ0) is 25.4. The molecule has 6 nitrogen and oxygen atoms in total. The number of rotatable bonds is 7. The zero-order valence-corrected chi connectivity index (χ0v) is 21.2. The van der Waals surface area contributed by atoms with Gasteiger partial charge >= 0.3 is 0 Å². The quantitative estimate of drug-likeness (QED) is 0.539. The van der Waals surface area contributed by atoms with Crippen LogP contribution in [0, 0.1) is 5.92 Å². The van der Waals surface area contributed by atoms with Gasteiger partial charge in [0.2, 0.25) is 0 Å². The number of phenols is 1. The molecule has 0 aromatic heterocycles. The molecular weight excluding hydrogens is 473 g/mol. The van der Waals surface area contributed by atoms with Gasteiger partial charge in [-0.05, 0) is 60.4 Å². The summed E-state index contributed by atoms with van der Waals surface area (Å²) in [4.78, 5) is 2.22. The summed E-state index contributed by atoms with van der Waals surface area (Å²) in [5.41, 5.74) is 5.45. The molecule has 1 atom stereocenters. The largest absolute Gasteiger partial charge is 0.508 e. The Labute approximate surface area is 217 Å². The van der Waals surface area contributed by atoms with Crippen LogP contribution in [0.4, 0.5) is 4.39 Å². The first-order valence-corrected chi connectivity index (χ1v) is 13.2. The molecule has 2 aromatic carbocycles. The third kappa shape index (κ3) is 4.88. The highest BCUT2D eigenvalue weighted by Gasteiger charge is 2.40. The van der Waals surface area contributed by atoms with Gasteiger partial charge in [-0.2, -0.15) is 0 Å². The summed E-state index contributed by atoms with van der Waals surface area (Å²) in [6.45, 7) is 6.20. The minimum atomic E-state index is -0.485. The summed E-state index contributed by atoms with van der Waals surface area (Å²) in [7, 11) is 0. The number of benzene rings is 2. The number of ether oxygens (including phenoxy) is 4. The molecule has 2 aromatic rings. The van der Waals surface area contributed by atoms with Crippen LogP contribution < -0.4 is 9.47 Å². The molecule has 3 heterocycles. The van der Waals surface area contributed by atoms with Crippen LogP contribution in [-0.2, 0) is 9.47 Å². The molecule has 37 heavy (non-hydrogen) atoms. The van der Waals surface area contributed by atoms with Gasteiger partial charge in [0.05, 0.1) is 19.9 Å². The smallest absolute Gasteiger partial charge is 0.172 e. The van der Waals surface area contributed by atoms with E-state index in [0.29, 0.717) is 26.2 Å². The van der Waals surface area contributed by atoms with E-state index < -0.39 is 5.79 Å². The topological polar surface area (TPSA) is 60.4 Å². The van der Waals surface area contributed by atoms with Crippen LogP contribution in [0.5, 0.6) is 17.2 Å². The molecule has 3 aliphatic heterocycles. The normalized spacial score (nSPS) is 23.4. The summed E-state index contributed by atoms with van der Waals surface area (Å²) < 4.78 is 37.0. The highest BCUT2D eigenvalue weighted by atomic mass is 19.1. The Morgan fingerprint density at radius 2 is 1.89 bits per heavy atom. The lowest BCUT2D eigenvalue weighted by atomic mass is 9.81. The van der Waals surface area contributed by atoms with Gasteiger partial charge in [0, 0.05) is 49.5 Å². The first-order chi connectivity index (χ1) is 18.0. The van der Waals surface area contributed by atoms with Gasteiger partial charge in [-0.3, -0.25) is 9.29 Å². The number of phenolic OH excluding ortho intramolecular Hbond substituents is 1. The molecular formula is C30H34FNO5. The van der Waals surface area contributed by atoms with Gasteiger partial charge in [0.15, 0.2) is 5.79 Å². The fourth-order valence-corrected chi connectivity index (χ4v) is 5.89. The number of hydrogen-bond donors (Lipinski definition) is 1. The Balaban J connectivity index is 1.22. The van der Waals surface area contributed by atoms with E-state index in [1.807, 2.05) is 18.2 Å². The Kier molecular flexibility index (Phi) is 6.69. The molecule has 1 N–H and O–H groups in total. The van der Waals surface area contributed by atoms with Crippen LogP contribution >= 0.6 is 0 Å². The van der Waals surface area contributed by atoms with E-state index in [0.717, 1.165) is 66.2 Å². The number of nitrogens with zero attached hydrogens (tertiary/aromatic N) is 1. The second-order valence-corrected chi connectivity index (χ2v) is 10.5. The molecule has 0 amide bonds. The summed E-state index contributed by atoms with van der Waals surface area (Å²) in [6.07, 6.45) is 4.33. The van der Waals surface area contributed by atoms with Crippen molar-refractivity contribution in [2.75, 3.05) is 46.1 Å². The van der Waals surface area contributed by atoms with Crippen molar-refractivity contribution < 1.29 is 28.4 Å². The zero-order valence-electron chi connectivity index (χ0n) is 21.2. The third-order valence-electron chi connectivity index (χ3n) is 7.98. The molecule has 4 aliphatic rings. The molecule has 0 radical (unpaired) electrons. The monoisotopic (exact) mass is 507 g/mol. The van der Waals surface area contributed by atoms with Crippen LogP contribution in [0.2, 0.25) is 0 Å². The van der Waals surface area contributed by atoms with Crippen molar-refractivity contribution in [3.63, 3.8) is 0 Å². The van der Waals surface area contributed by atoms with Crippen LogP contribution in [0.15, 0.2) is 59.7 Å². The van der Waals surface area contributed by atoms with Gasteiger partial charge in [0.1, 0.15) is 30.0 Å². The van der Waals surface area contributed by atoms with Crippen molar-refractivity contribution >= 4 is 5.57 Å². The Bertz CT molecular complexity index is 1190. The Hall–Kier alpha value is -2.87. The Morgan fingerprint density at radius 1 is 1.11 bits per heavy atom. The van der Waals surface area contributed by atoms with Crippen molar-refractivity contribution in [2.24, 2.45) is 5.92 Å². The number of hydrogen-bond acceptors (Lipinski definition) is 6. The van der Waals surface area contributed by atoms with Gasteiger partial charge in [0.25, 0.3) is 0 Å². The SMILES string of the molecule is CC1=C(C2=CCC3(CC2)OCCO3)C(c2ccc(OCCN3CC(CF)C3)cc2)Oc2ccc(O)cc21. The van der Waals surface area contributed by atoms with E-state index in [9.17, 15) is 9.50 Å². The molecule has 7 heteroatoms. The summed E-state index contributed by atoms with van der Waals surface area (Å²) >= 11 is 0. The number of fused-ring (bicyclic) bond motifs is 1. The number of halogens is 1. The lowest BCUT2D eigenvalue weighted by Gasteiger charge is -2.37. The lowest BCUT2D eigenvalue weighted by molar-refractivity contribution is -0.161. The summed E-state index contributed by atoms with van der Waals surface area (Å²) in [5.74, 6) is 1.51. The van der Waals surface area contributed by atoms with E-state index in [1.54, 1.807) is 12.1 Å². The van der Waals surface area contributed by atoms with Crippen molar-refractivity contribution in [1.82, 2.24) is 4.90 Å². The van der Waals surface area contributed by atoms with Crippen LogP contribution in [0.3, 0.4) is 0 Å². The second-order valence-electron chi connectivity index (χ2n) is 10.5. The predicted octanol–water partition coefficient (Wildman–Crippen LogP) is 5.43. The number of aromatic hydroxyl groups is 1. The summed E-state index contributed by atoms with van der Waals surface area (Å²) in [5, 5.41) is 10.1. The van der Waals surface area contributed by atoms with Gasteiger partial charge in [-0.25, -0.2) is 0 Å². The van der Waals surface area contributed by atoms with Crippen molar-refractivity contribution in [2.45, 2.75) is 38.1 Å². The van der Waals surface area contributed by atoms with Crippen molar-refractivity contribution in [3.8, 4) is 17.2 Å². The maximum atomic E-state index is 12.6. The molecule has 2 saturated heterocycles. The first kappa shape index (κ1) is 24.5. The molecule has 0 bridgehead atoms. The van der Waals surface area contributed by atoms with E-state index in [-0.39, 0.29) is 24.4 Å². The number of alkyl halides is 1. The highest BCUT2D eigenvalue weighted by molar-refractivity contribution is 5.79. The van der Waals surface area contributed by atoms with E-state index in [4.69, 9.17) is 18.9 Å². The fourth-order valence-electron chi connectivity index (χ4n) is 5.89. The van der Waals surface area contributed by atoms with Gasteiger partial charge in [-0.1, -0.05) is 18.2 Å². The molecule has 6 rings (SSSR count). The number of likely N-dealkylation sites (tertiary alicyclic amines) is 1. The average molecular weight is 508 g/mol. The lowest BCUT2D eigenvalue weighted by Crippen LogP contribution is -2.49. The van der Waals surface area contributed by atoms with Crippen molar-refractivity contribution in [1.29, 1.82) is 0 Å². The molecule has 1 spiro atoms. The van der Waals surface area contributed by atoms with Crippen LogP contribution in [0.25, 0.3) is 5.57 Å². The maximum absolute atomic E-state index is 12.6. The first-order valence-electron chi connectivity index (χ1n) is 13.2. The van der Waals surface area contributed by atoms with E-state index >= 15 is 0 Å². The van der Waals surface area contributed by atoms with E-state index in [2.05, 4.69) is 30.0 Å². The minimum Gasteiger partial charge on any atom is -0.508 e. The van der Waals surface area contributed by atoms with Crippen LogP contribution in [-0.4, -0.2) is 61.9 Å². The standard InChI is InChI=1S/C30H34FNO5/c1-20-26-16-24(33)4-7-27(26)37-29(28(20)22-8-10-30(11-9-22)35-14-15-36-30)23-2-5-25(6-3-23)34-13-12-32-18-21(17-31)19-32/h2-8,16,21,29,33H,9-15,17-19H2,1H3. The second kappa shape index (κ2) is 10.1. The highest BCUT2D eigenvalue weighted by Crippen LogP contribution is 2.49. The molecule has 2 fully saturated rings. The van der Waals surface area contributed by atoms with E-state index in [1.165, 1.54) is 5.57 Å². The third-order valence-corrected chi connectivity index (χ3v) is 7.98. The molecule has 0 saturated carbocycles. The summed E-state index contributed by atoms with van der Waals surface area (Å²) in [6, 6.07) is 13.4. The molecule has 196 valence electrons. The van der Waals surface area contributed by atoms with Gasteiger partial charge < -0.3 is 24.1 Å². The minimum absolute atomic E-state index is 0.192. The predicted molar refractivity (Wildman–Crippen MR) is 138 cm³/mol. The Morgan fingerprint density at radius 3 is 2.59 bits per heavy atom. The van der Waals surface area contributed by atoms with Gasteiger partial charge in [-0.15, -0.1) is 0 Å². The number of allylic oxidation sites excluding steroid dienone is 1. The van der Waals surface area contributed by atoms with Crippen molar-refractivity contribution in [3.05, 3.63) is 70.8 Å². The average Bonchev–Trinajstić information content (AvgIpc) is 3.35. The molecule has 1 unspecified atom stereocenters. The maximum Gasteiger partial charge on any atom is 0.172 e. The van der Waals surface area contributed by atoms with Crippen LogP contribution in [0.1, 0.15) is 43.4 Å². The fraction of sp³-hybridized carbons (Fsp3) is 0.467. The molecule has 1 aliphatic carbocycles.